The van der Waals surface area contributed by atoms with E-state index in [0.29, 0.717) is 28.5 Å². The Morgan fingerprint density at radius 3 is 2.62 bits per heavy atom. The third kappa shape index (κ3) is 2.88. The molecule has 0 aliphatic carbocycles. The summed E-state index contributed by atoms with van der Waals surface area (Å²) in [5.74, 6) is 1.12. The number of para-hydroxylation sites is 4. The van der Waals surface area contributed by atoms with Crippen molar-refractivity contribution in [2.24, 2.45) is 5.18 Å². The van der Waals surface area contributed by atoms with Crippen LogP contribution in [-0.2, 0) is 0 Å². The SMILES string of the molecule is COc1ccccc1Nc1ccc(-c2nc3ccccc3o2)cc1N=O. The van der Waals surface area contributed by atoms with E-state index in [9.17, 15) is 4.91 Å². The predicted octanol–water partition coefficient (Wildman–Crippen LogP) is 5.64. The van der Waals surface area contributed by atoms with Crippen LogP contribution in [-0.4, -0.2) is 12.1 Å². The lowest BCUT2D eigenvalue weighted by Gasteiger charge is -2.12. The van der Waals surface area contributed by atoms with Gasteiger partial charge < -0.3 is 14.5 Å². The summed E-state index contributed by atoms with van der Waals surface area (Å²) >= 11 is 0. The highest BCUT2D eigenvalue weighted by molar-refractivity contribution is 5.80. The molecule has 26 heavy (non-hydrogen) atoms. The summed E-state index contributed by atoms with van der Waals surface area (Å²) < 4.78 is 11.1. The Morgan fingerprint density at radius 1 is 1.00 bits per heavy atom. The molecule has 3 aromatic carbocycles. The zero-order chi connectivity index (χ0) is 17.9. The van der Waals surface area contributed by atoms with Gasteiger partial charge in [-0.1, -0.05) is 24.3 Å². The molecule has 0 bridgehead atoms. The van der Waals surface area contributed by atoms with Crippen molar-refractivity contribution in [2.45, 2.75) is 0 Å². The standard InChI is InChI=1S/C20H15N3O3/c1-25-18-8-4-2-6-15(18)21-14-11-10-13(12-17(14)23-24)20-22-16-7-3-5-9-19(16)26-20/h2-12,21H,1H3. The second-order valence-electron chi connectivity index (χ2n) is 5.64. The Kier molecular flexibility index (Phi) is 4.07. The highest BCUT2D eigenvalue weighted by atomic mass is 16.5. The lowest BCUT2D eigenvalue weighted by atomic mass is 10.1. The molecule has 1 heterocycles. The first-order valence-electron chi connectivity index (χ1n) is 8.02. The van der Waals surface area contributed by atoms with Gasteiger partial charge >= 0.3 is 0 Å². The summed E-state index contributed by atoms with van der Waals surface area (Å²) in [6, 6.07) is 20.2. The van der Waals surface area contributed by atoms with E-state index < -0.39 is 0 Å². The van der Waals surface area contributed by atoms with Crippen molar-refractivity contribution in [1.29, 1.82) is 0 Å². The van der Waals surface area contributed by atoms with Crippen LogP contribution in [0.3, 0.4) is 0 Å². The summed E-state index contributed by atoms with van der Waals surface area (Å²) in [5, 5.41) is 6.32. The fraction of sp³-hybridized carbons (Fsp3) is 0.0500. The van der Waals surface area contributed by atoms with Gasteiger partial charge in [0.05, 0.1) is 18.5 Å². The third-order valence-corrected chi connectivity index (χ3v) is 4.01. The van der Waals surface area contributed by atoms with Crippen molar-refractivity contribution in [1.82, 2.24) is 4.98 Å². The first kappa shape index (κ1) is 15.8. The normalized spacial score (nSPS) is 10.7. The molecule has 0 saturated carbocycles. The van der Waals surface area contributed by atoms with E-state index in [1.54, 1.807) is 19.2 Å². The molecule has 0 aliphatic rings. The lowest BCUT2D eigenvalue weighted by molar-refractivity contribution is 0.417. The van der Waals surface area contributed by atoms with E-state index in [-0.39, 0.29) is 5.69 Å². The van der Waals surface area contributed by atoms with Gasteiger partial charge in [-0.25, -0.2) is 4.98 Å². The number of fused-ring (bicyclic) bond motifs is 1. The first-order valence-corrected chi connectivity index (χ1v) is 8.02. The minimum absolute atomic E-state index is 0.260. The fourth-order valence-electron chi connectivity index (χ4n) is 2.73. The highest BCUT2D eigenvalue weighted by Gasteiger charge is 2.12. The molecule has 1 N–H and O–H groups in total. The van der Waals surface area contributed by atoms with Crippen molar-refractivity contribution < 1.29 is 9.15 Å². The van der Waals surface area contributed by atoms with Crippen molar-refractivity contribution in [3.05, 3.63) is 71.6 Å². The number of nitroso groups, excluding NO2 is 1. The number of benzene rings is 3. The van der Waals surface area contributed by atoms with Crippen LogP contribution in [0.15, 0.2) is 76.3 Å². The van der Waals surface area contributed by atoms with Crippen LogP contribution in [0.25, 0.3) is 22.6 Å². The van der Waals surface area contributed by atoms with Crippen LogP contribution in [0.1, 0.15) is 0 Å². The summed E-state index contributed by atoms with van der Waals surface area (Å²) in [6.07, 6.45) is 0. The summed E-state index contributed by atoms with van der Waals surface area (Å²) in [5.41, 5.74) is 3.72. The van der Waals surface area contributed by atoms with Gasteiger partial charge in [0, 0.05) is 5.56 Å². The van der Waals surface area contributed by atoms with E-state index in [1.807, 2.05) is 54.6 Å². The van der Waals surface area contributed by atoms with E-state index in [1.165, 1.54) is 0 Å². The molecule has 0 fully saturated rings. The molecular formula is C20H15N3O3. The van der Waals surface area contributed by atoms with Gasteiger partial charge in [0.25, 0.3) is 0 Å². The molecule has 0 aliphatic heterocycles. The third-order valence-electron chi connectivity index (χ3n) is 4.01. The second-order valence-corrected chi connectivity index (χ2v) is 5.64. The molecule has 0 amide bonds. The molecule has 0 spiro atoms. The average Bonchev–Trinajstić information content (AvgIpc) is 3.13. The number of oxazole rings is 1. The molecule has 0 saturated heterocycles. The first-order chi connectivity index (χ1) is 12.8. The largest absolute Gasteiger partial charge is 0.495 e. The molecule has 0 unspecified atom stereocenters. The molecular weight excluding hydrogens is 330 g/mol. The second kappa shape index (κ2) is 6.68. The summed E-state index contributed by atoms with van der Waals surface area (Å²) in [7, 11) is 1.59. The monoisotopic (exact) mass is 345 g/mol. The maximum atomic E-state index is 11.4. The number of ether oxygens (including phenoxy) is 1. The Bertz CT molecular complexity index is 1060. The quantitative estimate of drug-likeness (QED) is 0.473. The van der Waals surface area contributed by atoms with Crippen molar-refractivity contribution >= 4 is 28.2 Å². The van der Waals surface area contributed by atoms with Crippen molar-refractivity contribution in [3.63, 3.8) is 0 Å². The molecule has 1 aromatic heterocycles. The van der Waals surface area contributed by atoms with Crippen LogP contribution in [0.2, 0.25) is 0 Å². The Morgan fingerprint density at radius 2 is 1.81 bits per heavy atom. The molecule has 128 valence electrons. The van der Waals surface area contributed by atoms with Crippen LogP contribution >= 0.6 is 0 Å². The van der Waals surface area contributed by atoms with Crippen molar-refractivity contribution in [2.75, 3.05) is 12.4 Å². The minimum Gasteiger partial charge on any atom is -0.495 e. The molecule has 0 atom stereocenters. The lowest BCUT2D eigenvalue weighted by Crippen LogP contribution is -1.94. The Hall–Kier alpha value is -3.67. The molecule has 6 nitrogen and oxygen atoms in total. The average molecular weight is 345 g/mol. The van der Waals surface area contributed by atoms with Gasteiger partial charge in [0.2, 0.25) is 5.89 Å². The number of hydrogen-bond donors (Lipinski definition) is 1. The van der Waals surface area contributed by atoms with Gasteiger partial charge in [0.15, 0.2) is 5.58 Å². The van der Waals surface area contributed by atoms with E-state index in [2.05, 4.69) is 15.5 Å². The highest BCUT2D eigenvalue weighted by Crippen LogP contribution is 2.35. The topological polar surface area (TPSA) is 76.7 Å². The smallest absolute Gasteiger partial charge is 0.227 e. The molecule has 4 aromatic rings. The summed E-state index contributed by atoms with van der Waals surface area (Å²) in [6.45, 7) is 0. The zero-order valence-electron chi connectivity index (χ0n) is 14.0. The number of anilines is 2. The number of hydrogen-bond acceptors (Lipinski definition) is 6. The van der Waals surface area contributed by atoms with E-state index in [0.717, 1.165) is 11.2 Å². The summed E-state index contributed by atoms with van der Waals surface area (Å²) in [4.78, 5) is 15.8. The van der Waals surface area contributed by atoms with Gasteiger partial charge in [-0.05, 0) is 47.6 Å². The number of aromatic nitrogens is 1. The predicted molar refractivity (Wildman–Crippen MR) is 101 cm³/mol. The number of methoxy groups -OCH3 is 1. The van der Waals surface area contributed by atoms with Gasteiger partial charge in [-0.2, -0.15) is 0 Å². The van der Waals surface area contributed by atoms with Gasteiger partial charge in [-0.3, -0.25) is 0 Å². The Labute approximate surface area is 149 Å². The van der Waals surface area contributed by atoms with Gasteiger partial charge in [0.1, 0.15) is 17.0 Å². The van der Waals surface area contributed by atoms with Crippen LogP contribution < -0.4 is 10.1 Å². The number of nitrogens with one attached hydrogen (secondary N) is 1. The number of nitrogens with zero attached hydrogens (tertiary/aromatic N) is 2. The molecule has 4 rings (SSSR count). The maximum Gasteiger partial charge on any atom is 0.227 e. The van der Waals surface area contributed by atoms with E-state index in [4.69, 9.17) is 9.15 Å². The van der Waals surface area contributed by atoms with E-state index >= 15 is 0 Å². The van der Waals surface area contributed by atoms with Crippen LogP contribution in [0.4, 0.5) is 17.1 Å². The Balaban J connectivity index is 1.71. The number of rotatable bonds is 5. The minimum atomic E-state index is 0.260. The zero-order valence-corrected chi connectivity index (χ0v) is 14.0. The van der Waals surface area contributed by atoms with Gasteiger partial charge in [-0.15, -0.1) is 4.91 Å². The maximum absolute atomic E-state index is 11.4. The van der Waals surface area contributed by atoms with Crippen molar-refractivity contribution in [3.8, 4) is 17.2 Å². The van der Waals surface area contributed by atoms with Crippen LogP contribution in [0, 0.1) is 4.91 Å². The van der Waals surface area contributed by atoms with Crippen LogP contribution in [0.5, 0.6) is 5.75 Å². The fourth-order valence-corrected chi connectivity index (χ4v) is 2.73. The molecule has 6 heteroatoms. The molecule has 0 radical (unpaired) electrons.